The first-order chi connectivity index (χ1) is 10.1. The van der Waals surface area contributed by atoms with Gasteiger partial charge in [0, 0.05) is 22.7 Å². The lowest BCUT2D eigenvalue weighted by Gasteiger charge is -2.36. The van der Waals surface area contributed by atoms with Crippen molar-refractivity contribution in [1.29, 1.82) is 0 Å². The number of rotatable bonds is 1. The Morgan fingerprint density at radius 2 is 2.10 bits per heavy atom. The molecule has 2 aliphatic rings. The van der Waals surface area contributed by atoms with Gasteiger partial charge in [-0.1, -0.05) is 19.9 Å². The summed E-state index contributed by atoms with van der Waals surface area (Å²) in [5.41, 5.74) is 4.68. The van der Waals surface area contributed by atoms with Crippen molar-refractivity contribution in [3.8, 4) is 11.6 Å². The van der Waals surface area contributed by atoms with Gasteiger partial charge >= 0.3 is 0 Å². The molecule has 106 valence electrons. The highest BCUT2D eigenvalue weighted by Crippen LogP contribution is 2.50. The molecule has 0 fully saturated rings. The fourth-order valence-corrected chi connectivity index (χ4v) is 3.37. The van der Waals surface area contributed by atoms with Gasteiger partial charge in [-0.25, -0.2) is 4.98 Å². The molecule has 3 nitrogen and oxygen atoms in total. The average Bonchev–Trinajstić information content (AvgIpc) is 2.87. The number of benzene rings is 1. The molecule has 1 aromatic carbocycles. The maximum absolute atomic E-state index is 6.14. The number of pyridine rings is 1. The van der Waals surface area contributed by atoms with Gasteiger partial charge in [0.25, 0.3) is 0 Å². The van der Waals surface area contributed by atoms with Crippen LogP contribution in [0.3, 0.4) is 0 Å². The molecule has 0 radical (unpaired) electrons. The summed E-state index contributed by atoms with van der Waals surface area (Å²) in [7, 11) is 1.70. The van der Waals surface area contributed by atoms with Crippen LogP contribution < -0.4 is 9.47 Å². The quantitative estimate of drug-likeness (QED) is 0.798. The van der Waals surface area contributed by atoms with Gasteiger partial charge in [0.15, 0.2) is 0 Å². The molecule has 0 saturated heterocycles. The molecule has 1 aromatic heterocycles. The van der Waals surface area contributed by atoms with Gasteiger partial charge in [0.1, 0.15) is 11.9 Å². The molecule has 3 heteroatoms. The highest BCUT2D eigenvalue weighted by Gasteiger charge is 2.45. The van der Waals surface area contributed by atoms with Crippen LogP contribution in [0.1, 0.15) is 30.5 Å². The Bertz CT molecular complexity index is 762. The Kier molecular flexibility index (Phi) is 2.43. The van der Waals surface area contributed by atoms with Gasteiger partial charge in [-0.15, -0.1) is 0 Å². The maximum Gasteiger partial charge on any atom is 0.221 e. The van der Waals surface area contributed by atoms with E-state index in [4.69, 9.17) is 9.47 Å². The van der Waals surface area contributed by atoms with Crippen LogP contribution in [0.15, 0.2) is 36.5 Å². The normalized spacial score (nSPS) is 20.7. The molecule has 21 heavy (non-hydrogen) atoms. The van der Waals surface area contributed by atoms with Crippen molar-refractivity contribution in [2.24, 2.45) is 0 Å². The zero-order chi connectivity index (χ0) is 14.6. The molecule has 0 N–H and O–H groups in total. The van der Waals surface area contributed by atoms with Gasteiger partial charge in [0.05, 0.1) is 7.11 Å². The molecule has 0 saturated carbocycles. The lowest BCUT2D eigenvalue weighted by Crippen LogP contribution is -2.39. The van der Waals surface area contributed by atoms with Crippen molar-refractivity contribution in [3.05, 3.63) is 53.2 Å². The number of hydrogen-bond acceptors (Lipinski definition) is 3. The second-order valence-corrected chi connectivity index (χ2v) is 6.13. The summed E-state index contributed by atoms with van der Waals surface area (Å²) in [5, 5.41) is 0. The van der Waals surface area contributed by atoms with Crippen LogP contribution in [0.4, 0.5) is 0 Å². The van der Waals surface area contributed by atoms with E-state index < -0.39 is 0 Å². The summed E-state index contributed by atoms with van der Waals surface area (Å²) in [5.74, 6) is 1.62. The summed E-state index contributed by atoms with van der Waals surface area (Å²) < 4.78 is 11.5. The zero-order valence-corrected chi connectivity index (χ0v) is 12.4. The van der Waals surface area contributed by atoms with Crippen molar-refractivity contribution in [2.45, 2.75) is 25.4 Å². The molecular weight excluding hydrogens is 262 g/mol. The van der Waals surface area contributed by atoms with Gasteiger partial charge in [-0.05, 0) is 41.5 Å². The first-order valence-corrected chi connectivity index (χ1v) is 7.13. The van der Waals surface area contributed by atoms with Crippen LogP contribution in [0.5, 0.6) is 11.6 Å². The molecule has 1 atom stereocenters. The molecule has 1 aliphatic heterocycles. The van der Waals surface area contributed by atoms with Gasteiger partial charge in [-0.3, -0.25) is 0 Å². The molecule has 2 aromatic rings. The third kappa shape index (κ3) is 1.63. The SMILES string of the molecule is COc1ccc2c(c1)C(C)(C)C1Oc3ncccc3C1=C2. The minimum atomic E-state index is -0.130. The van der Waals surface area contributed by atoms with Crippen LogP contribution in [0, 0.1) is 0 Å². The summed E-state index contributed by atoms with van der Waals surface area (Å²) >= 11 is 0. The third-order valence-electron chi connectivity index (χ3n) is 4.52. The van der Waals surface area contributed by atoms with E-state index in [9.17, 15) is 0 Å². The lowest BCUT2D eigenvalue weighted by molar-refractivity contribution is 0.184. The second-order valence-electron chi connectivity index (χ2n) is 6.13. The van der Waals surface area contributed by atoms with Gasteiger partial charge in [0.2, 0.25) is 5.88 Å². The molecule has 1 aliphatic carbocycles. The number of fused-ring (bicyclic) bond motifs is 4. The monoisotopic (exact) mass is 279 g/mol. The summed E-state index contributed by atoms with van der Waals surface area (Å²) in [6, 6.07) is 10.3. The van der Waals surface area contributed by atoms with Crippen LogP contribution in [0.25, 0.3) is 11.6 Å². The van der Waals surface area contributed by atoms with Crippen LogP contribution in [-0.2, 0) is 5.41 Å². The fraction of sp³-hybridized carbons (Fsp3) is 0.278. The Morgan fingerprint density at radius 1 is 1.24 bits per heavy atom. The van der Waals surface area contributed by atoms with E-state index in [-0.39, 0.29) is 11.5 Å². The number of aromatic nitrogens is 1. The minimum absolute atomic E-state index is 0.00186. The maximum atomic E-state index is 6.14. The molecule has 1 unspecified atom stereocenters. The number of hydrogen-bond donors (Lipinski definition) is 0. The first-order valence-electron chi connectivity index (χ1n) is 7.13. The summed E-state index contributed by atoms with van der Waals surface area (Å²) in [4.78, 5) is 4.36. The standard InChI is InChI=1S/C18H17NO2/c1-18(2)15-10-12(20-3)7-6-11(15)9-14-13-5-4-8-19-17(13)21-16(14)18/h4-10,16H,1-3H3. The molecule has 0 spiro atoms. The van der Waals surface area contributed by atoms with Crippen molar-refractivity contribution in [3.63, 3.8) is 0 Å². The average molecular weight is 279 g/mol. The van der Waals surface area contributed by atoms with E-state index in [1.165, 1.54) is 16.7 Å². The second kappa shape index (κ2) is 4.10. The number of methoxy groups -OCH3 is 1. The molecule has 0 amide bonds. The van der Waals surface area contributed by atoms with Crippen LogP contribution >= 0.6 is 0 Å². The van der Waals surface area contributed by atoms with E-state index in [0.717, 1.165) is 17.2 Å². The predicted octanol–water partition coefficient (Wildman–Crippen LogP) is 3.68. The van der Waals surface area contributed by atoms with Crippen LogP contribution in [0.2, 0.25) is 0 Å². The summed E-state index contributed by atoms with van der Waals surface area (Å²) in [6.45, 7) is 4.43. The Morgan fingerprint density at radius 3 is 2.90 bits per heavy atom. The van der Waals surface area contributed by atoms with E-state index in [0.29, 0.717) is 0 Å². The highest BCUT2D eigenvalue weighted by molar-refractivity contribution is 5.92. The van der Waals surface area contributed by atoms with Crippen molar-refractivity contribution in [2.75, 3.05) is 7.11 Å². The number of ether oxygens (including phenoxy) is 2. The Labute approximate surface area is 124 Å². The van der Waals surface area contributed by atoms with E-state index in [2.05, 4.69) is 43.1 Å². The van der Waals surface area contributed by atoms with Crippen molar-refractivity contribution < 1.29 is 9.47 Å². The van der Waals surface area contributed by atoms with Gasteiger partial charge < -0.3 is 9.47 Å². The van der Waals surface area contributed by atoms with Crippen LogP contribution in [-0.4, -0.2) is 18.2 Å². The summed E-state index contributed by atoms with van der Waals surface area (Å²) in [6.07, 6.45) is 4.00. The van der Waals surface area contributed by atoms with E-state index >= 15 is 0 Å². The highest BCUT2D eigenvalue weighted by atomic mass is 16.5. The van der Waals surface area contributed by atoms with Gasteiger partial charge in [-0.2, -0.15) is 0 Å². The molecular formula is C18H17NO2. The molecule has 2 heterocycles. The predicted molar refractivity (Wildman–Crippen MR) is 82.5 cm³/mol. The Hall–Kier alpha value is -2.29. The zero-order valence-electron chi connectivity index (χ0n) is 12.4. The first kappa shape index (κ1) is 12.5. The Balaban J connectivity index is 1.94. The van der Waals surface area contributed by atoms with E-state index in [1.807, 2.05) is 12.1 Å². The molecule has 4 rings (SSSR count). The topological polar surface area (TPSA) is 31.4 Å². The number of nitrogens with zero attached hydrogens (tertiary/aromatic N) is 1. The van der Waals surface area contributed by atoms with E-state index in [1.54, 1.807) is 13.3 Å². The van der Waals surface area contributed by atoms with Crippen molar-refractivity contribution in [1.82, 2.24) is 4.98 Å². The molecule has 0 bridgehead atoms. The fourth-order valence-electron chi connectivity index (χ4n) is 3.37. The minimum Gasteiger partial charge on any atom is -0.497 e. The third-order valence-corrected chi connectivity index (χ3v) is 4.52. The smallest absolute Gasteiger partial charge is 0.221 e. The lowest BCUT2D eigenvalue weighted by atomic mass is 9.70. The largest absolute Gasteiger partial charge is 0.497 e. The van der Waals surface area contributed by atoms with Crippen molar-refractivity contribution >= 4 is 11.6 Å².